The SMILES string of the molecule is COc1ccc2c3c(c(=O)oc2c1)C(C)(CC/C=C(\C)Cc1cc(C)co1)[C@H](C)O3. The van der Waals surface area contributed by atoms with Crippen LogP contribution in [0.3, 0.4) is 0 Å². The normalized spacial score (nSPS) is 21.0. The summed E-state index contributed by atoms with van der Waals surface area (Å²) in [6, 6.07) is 7.54. The van der Waals surface area contributed by atoms with Crippen LogP contribution in [-0.4, -0.2) is 13.2 Å². The van der Waals surface area contributed by atoms with E-state index in [-0.39, 0.29) is 11.7 Å². The number of furan rings is 1. The second-order valence-electron chi connectivity index (χ2n) is 8.49. The highest BCUT2D eigenvalue weighted by atomic mass is 16.5. The van der Waals surface area contributed by atoms with E-state index in [9.17, 15) is 4.79 Å². The first-order valence-electron chi connectivity index (χ1n) is 10.3. The van der Waals surface area contributed by atoms with E-state index in [4.69, 9.17) is 18.3 Å². The van der Waals surface area contributed by atoms with Gasteiger partial charge in [0.05, 0.1) is 24.3 Å². The van der Waals surface area contributed by atoms with Gasteiger partial charge in [-0.25, -0.2) is 4.79 Å². The van der Waals surface area contributed by atoms with Gasteiger partial charge in [0.1, 0.15) is 28.9 Å². The molecule has 0 saturated heterocycles. The molecule has 2 aromatic heterocycles. The molecule has 0 fully saturated rings. The number of hydrogen-bond acceptors (Lipinski definition) is 5. The van der Waals surface area contributed by atoms with Crippen LogP contribution in [0.2, 0.25) is 0 Å². The van der Waals surface area contributed by atoms with Crippen molar-refractivity contribution < 1.29 is 18.3 Å². The standard InChI is InChI=1S/C25H28O5/c1-15(11-19-12-16(2)14-28-19)7-6-10-25(4)17(3)29-23-20-9-8-18(27-5)13-21(20)30-24(26)22(23)25/h7-9,12-14,17H,6,10-11H2,1-5H3/b15-7+/t17-,25?/m0/s1. The van der Waals surface area contributed by atoms with Crippen molar-refractivity contribution in [3.63, 3.8) is 0 Å². The molecular formula is C25H28O5. The van der Waals surface area contributed by atoms with Gasteiger partial charge in [0.25, 0.3) is 0 Å². The van der Waals surface area contributed by atoms with Crippen LogP contribution < -0.4 is 15.1 Å². The van der Waals surface area contributed by atoms with Crippen LogP contribution in [0, 0.1) is 6.92 Å². The van der Waals surface area contributed by atoms with Crippen molar-refractivity contribution >= 4 is 11.0 Å². The topological polar surface area (TPSA) is 61.8 Å². The van der Waals surface area contributed by atoms with E-state index in [2.05, 4.69) is 26.0 Å². The Labute approximate surface area is 176 Å². The number of ether oxygens (including phenoxy) is 2. The van der Waals surface area contributed by atoms with E-state index in [1.54, 1.807) is 19.4 Å². The molecular weight excluding hydrogens is 380 g/mol. The number of fused-ring (bicyclic) bond motifs is 3. The van der Waals surface area contributed by atoms with Crippen LogP contribution in [0.15, 0.2) is 55.8 Å². The third-order valence-electron chi connectivity index (χ3n) is 6.22. The zero-order valence-electron chi connectivity index (χ0n) is 18.2. The van der Waals surface area contributed by atoms with Crippen molar-refractivity contribution in [1.29, 1.82) is 0 Å². The third kappa shape index (κ3) is 3.53. The molecule has 30 heavy (non-hydrogen) atoms. The first-order valence-corrected chi connectivity index (χ1v) is 10.3. The van der Waals surface area contributed by atoms with E-state index in [0.717, 1.165) is 36.0 Å². The Morgan fingerprint density at radius 3 is 2.80 bits per heavy atom. The molecule has 1 aromatic carbocycles. The Hall–Kier alpha value is -2.95. The molecule has 1 aliphatic rings. The van der Waals surface area contributed by atoms with E-state index in [1.807, 2.05) is 26.0 Å². The summed E-state index contributed by atoms with van der Waals surface area (Å²) in [5.41, 5.74) is 2.76. The summed E-state index contributed by atoms with van der Waals surface area (Å²) in [7, 11) is 1.59. The Bertz CT molecular complexity index is 1170. The average molecular weight is 408 g/mol. The van der Waals surface area contributed by atoms with E-state index in [1.165, 1.54) is 5.57 Å². The molecule has 0 amide bonds. The molecule has 0 spiro atoms. The van der Waals surface area contributed by atoms with Crippen molar-refractivity contribution in [3.8, 4) is 11.5 Å². The molecule has 158 valence electrons. The zero-order chi connectivity index (χ0) is 21.5. The van der Waals surface area contributed by atoms with Gasteiger partial charge in [0.15, 0.2) is 0 Å². The molecule has 5 heteroatoms. The van der Waals surface area contributed by atoms with Crippen molar-refractivity contribution in [2.75, 3.05) is 7.11 Å². The third-order valence-corrected chi connectivity index (χ3v) is 6.22. The first-order chi connectivity index (χ1) is 14.3. The maximum Gasteiger partial charge on any atom is 0.343 e. The lowest BCUT2D eigenvalue weighted by Crippen LogP contribution is -2.35. The van der Waals surface area contributed by atoms with Crippen molar-refractivity contribution in [2.45, 2.75) is 58.5 Å². The van der Waals surface area contributed by atoms with E-state index < -0.39 is 5.41 Å². The molecule has 0 saturated carbocycles. The molecule has 4 rings (SSSR count). The fourth-order valence-electron chi connectivity index (χ4n) is 4.28. The average Bonchev–Trinajstić information content (AvgIpc) is 3.22. The lowest BCUT2D eigenvalue weighted by molar-refractivity contribution is 0.169. The molecule has 1 aliphatic heterocycles. The minimum Gasteiger partial charge on any atom is -0.497 e. The molecule has 0 aliphatic carbocycles. The molecule has 2 atom stereocenters. The lowest BCUT2D eigenvalue weighted by Gasteiger charge is -2.26. The van der Waals surface area contributed by atoms with E-state index >= 15 is 0 Å². The van der Waals surface area contributed by atoms with Crippen molar-refractivity contribution in [1.82, 2.24) is 0 Å². The fraction of sp³-hybridized carbons (Fsp3) is 0.400. The van der Waals surface area contributed by atoms with Crippen molar-refractivity contribution in [2.24, 2.45) is 0 Å². The van der Waals surface area contributed by atoms with Crippen LogP contribution >= 0.6 is 0 Å². The Balaban J connectivity index is 1.60. The maximum atomic E-state index is 12.9. The summed E-state index contributed by atoms with van der Waals surface area (Å²) in [6.07, 6.45) is 6.31. The molecule has 5 nitrogen and oxygen atoms in total. The zero-order valence-corrected chi connectivity index (χ0v) is 18.2. The molecule has 3 aromatic rings. The fourth-order valence-corrected chi connectivity index (χ4v) is 4.28. The van der Waals surface area contributed by atoms with Gasteiger partial charge in [-0.15, -0.1) is 0 Å². The van der Waals surface area contributed by atoms with Gasteiger partial charge in [0, 0.05) is 17.9 Å². The highest BCUT2D eigenvalue weighted by molar-refractivity contribution is 5.86. The summed E-state index contributed by atoms with van der Waals surface area (Å²) in [6.45, 7) is 8.25. The molecule has 3 heterocycles. The quantitative estimate of drug-likeness (QED) is 0.386. The number of aryl methyl sites for hydroxylation is 1. The number of rotatable bonds is 6. The smallest absolute Gasteiger partial charge is 0.343 e. The lowest BCUT2D eigenvalue weighted by atomic mass is 9.76. The predicted molar refractivity (Wildman–Crippen MR) is 117 cm³/mol. The van der Waals surface area contributed by atoms with Crippen LogP contribution in [0.5, 0.6) is 11.5 Å². The van der Waals surface area contributed by atoms with Crippen LogP contribution in [0.1, 0.15) is 50.5 Å². The number of methoxy groups -OCH3 is 1. The highest BCUT2D eigenvalue weighted by Gasteiger charge is 2.46. The van der Waals surface area contributed by atoms with Crippen LogP contribution in [0.4, 0.5) is 0 Å². The molecule has 0 N–H and O–H groups in total. The monoisotopic (exact) mass is 408 g/mol. The maximum absolute atomic E-state index is 12.9. The summed E-state index contributed by atoms with van der Waals surface area (Å²) >= 11 is 0. The van der Waals surface area contributed by atoms with Gasteiger partial charge < -0.3 is 18.3 Å². The van der Waals surface area contributed by atoms with E-state index in [0.29, 0.717) is 22.6 Å². The number of benzene rings is 1. The Morgan fingerprint density at radius 1 is 1.30 bits per heavy atom. The molecule has 0 bridgehead atoms. The molecule has 0 radical (unpaired) electrons. The summed E-state index contributed by atoms with van der Waals surface area (Å²) in [5, 5.41) is 0.806. The minimum absolute atomic E-state index is 0.121. The summed E-state index contributed by atoms with van der Waals surface area (Å²) in [5.74, 6) is 2.26. The largest absolute Gasteiger partial charge is 0.497 e. The Morgan fingerprint density at radius 2 is 2.10 bits per heavy atom. The predicted octanol–water partition coefficient (Wildman–Crippen LogP) is 5.71. The number of hydrogen-bond donors (Lipinski definition) is 0. The van der Waals surface area contributed by atoms with Gasteiger partial charge in [-0.2, -0.15) is 0 Å². The summed E-state index contributed by atoms with van der Waals surface area (Å²) < 4.78 is 22.7. The van der Waals surface area contributed by atoms with Crippen molar-refractivity contribution in [3.05, 3.63) is 69.5 Å². The Kier molecular flexibility index (Phi) is 5.22. The van der Waals surface area contributed by atoms with Gasteiger partial charge in [-0.3, -0.25) is 0 Å². The second kappa shape index (κ2) is 7.71. The second-order valence-corrected chi connectivity index (χ2v) is 8.49. The van der Waals surface area contributed by atoms with Crippen LogP contribution in [0.25, 0.3) is 11.0 Å². The number of allylic oxidation sites excluding steroid dienone is 2. The van der Waals surface area contributed by atoms with Gasteiger partial charge in [0.2, 0.25) is 0 Å². The van der Waals surface area contributed by atoms with Gasteiger partial charge in [-0.1, -0.05) is 18.6 Å². The van der Waals surface area contributed by atoms with Crippen LogP contribution in [-0.2, 0) is 11.8 Å². The van der Waals surface area contributed by atoms with Gasteiger partial charge >= 0.3 is 5.63 Å². The van der Waals surface area contributed by atoms with Gasteiger partial charge in [-0.05, 0) is 57.4 Å². The highest BCUT2D eigenvalue weighted by Crippen LogP contribution is 2.47. The first kappa shape index (κ1) is 20.3. The minimum atomic E-state index is -0.415. The molecule has 1 unspecified atom stereocenters. The summed E-state index contributed by atoms with van der Waals surface area (Å²) in [4.78, 5) is 12.9.